The zero-order chi connectivity index (χ0) is 15.6. The van der Waals surface area contributed by atoms with Crippen LogP contribution < -0.4 is 0 Å². The first-order valence-corrected chi connectivity index (χ1v) is 7.39. The van der Waals surface area contributed by atoms with Crippen LogP contribution >= 0.6 is 0 Å². The maximum atomic E-state index is 12.9. The molecule has 0 aromatic carbocycles. The highest BCUT2D eigenvalue weighted by molar-refractivity contribution is 5.81. The molecule has 1 amide bonds. The number of aliphatic carboxylic acids is 1. The molecular weight excluding hydrogens is 287 g/mol. The predicted octanol–water partition coefficient (Wildman–Crippen LogP) is 2.68. The standard InChI is InChI=1S/C14H20F3NO3/c15-14(16,17)11-8-18(7-10(11)13(20)21)12(19)9-5-3-1-2-4-6-9/h9-11H,1-8H2,(H,20,21)/t10-,11-/m1/s1. The molecule has 0 radical (unpaired) electrons. The van der Waals surface area contributed by atoms with Crippen LogP contribution in [0.5, 0.6) is 0 Å². The van der Waals surface area contributed by atoms with E-state index < -0.39 is 30.5 Å². The van der Waals surface area contributed by atoms with Crippen LogP contribution in [0, 0.1) is 17.8 Å². The topological polar surface area (TPSA) is 57.6 Å². The zero-order valence-electron chi connectivity index (χ0n) is 11.7. The molecule has 0 aromatic rings. The number of carboxylic acid groups (broad SMARTS) is 1. The minimum Gasteiger partial charge on any atom is -0.481 e. The molecular formula is C14H20F3NO3. The van der Waals surface area contributed by atoms with Gasteiger partial charge in [0, 0.05) is 19.0 Å². The quantitative estimate of drug-likeness (QED) is 0.798. The van der Waals surface area contributed by atoms with E-state index in [2.05, 4.69) is 0 Å². The van der Waals surface area contributed by atoms with Gasteiger partial charge in [0.2, 0.25) is 5.91 Å². The second-order valence-electron chi connectivity index (χ2n) is 6.02. The summed E-state index contributed by atoms with van der Waals surface area (Å²) in [6, 6.07) is 0. The van der Waals surface area contributed by atoms with Crippen molar-refractivity contribution in [1.82, 2.24) is 4.90 Å². The monoisotopic (exact) mass is 307 g/mol. The second kappa shape index (κ2) is 6.23. The summed E-state index contributed by atoms with van der Waals surface area (Å²) in [7, 11) is 0. The normalized spacial score (nSPS) is 28.4. The SMILES string of the molecule is O=C(O)[C@@H]1CN(C(=O)C2CCCCCC2)C[C@H]1C(F)(F)F. The number of carbonyl (C=O) groups is 2. The van der Waals surface area contributed by atoms with Crippen LogP contribution in [0.3, 0.4) is 0 Å². The Kier molecular flexibility index (Phi) is 4.78. The van der Waals surface area contributed by atoms with Gasteiger partial charge in [0.1, 0.15) is 0 Å². The van der Waals surface area contributed by atoms with Crippen LogP contribution in [-0.4, -0.2) is 41.1 Å². The molecule has 1 aliphatic heterocycles. The van der Waals surface area contributed by atoms with Gasteiger partial charge in [-0.15, -0.1) is 0 Å². The van der Waals surface area contributed by atoms with E-state index in [4.69, 9.17) is 5.11 Å². The number of carbonyl (C=O) groups excluding carboxylic acids is 1. The third-order valence-corrected chi connectivity index (χ3v) is 4.57. The Hall–Kier alpha value is -1.27. The molecule has 1 aliphatic carbocycles. The maximum Gasteiger partial charge on any atom is 0.394 e. The molecule has 120 valence electrons. The molecule has 0 aromatic heterocycles. The number of hydrogen-bond acceptors (Lipinski definition) is 2. The van der Waals surface area contributed by atoms with E-state index in [1.54, 1.807) is 0 Å². The molecule has 7 heteroatoms. The van der Waals surface area contributed by atoms with Gasteiger partial charge in [-0.3, -0.25) is 9.59 Å². The average Bonchev–Trinajstić information content (AvgIpc) is 2.68. The second-order valence-corrected chi connectivity index (χ2v) is 6.02. The minimum atomic E-state index is -4.58. The number of halogens is 3. The first-order chi connectivity index (χ1) is 9.80. The highest BCUT2D eigenvalue weighted by Crippen LogP contribution is 2.38. The fraction of sp³-hybridized carbons (Fsp3) is 0.857. The summed E-state index contributed by atoms with van der Waals surface area (Å²) in [6.45, 7) is -0.843. The van der Waals surface area contributed by atoms with Crippen LogP contribution in [0.4, 0.5) is 13.2 Å². The summed E-state index contributed by atoms with van der Waals surface area (Å²) in [5.41, 5.74) is 0. The maximum absolute atomic E-state index is 12.9. The van der Waals surface area contributed by atoms with Crippen molar-refractivity contribution in [3.05, 3.63) is 0 Å². The van der Waals surface area contributed by atoms with Gasteiger partial charge in [0.15, 0.2) is 0 Å². The summed E-state index contributed by atoms with van der Waals surface area (Å²) < 4.78 is 38.7. The Morgan fingerprint density at radius 3 is 2.00 bits per heavy atom. The first kappa shape index (κ1) is 16.1. The lowest BCUT2D eigenvalue weighted by Crippen LogP contribution is -2.36. The zero-order valence-corrected chi connectivity index (χ0v) is 11.7. The molecule has 2 rings (SSSR count). The molecule has 1 saturated heterocycles. The number of alkyl halides is 3. The molecule has 0 spiro atoms. The number of nitrogens with zero attached hydrogens (tertiary/aromatic N) is 1. The molecule has 1 N–H and O–H groups in total. The van der Waals surface area contributed by atoms with Crippen molar-refractivity contribution in [3.8, 4) is 0 Å². The van der Waals surface area contributed by atoms with Crippen molar-refractivity contribution in [2.24, 2.45) is 17.8 Å². The third-order valence-electron chi connectivity index (χ3n) is 4.57. The lowest BCUT2D eigenvalue weighted by molar-refractivity contribution is -0.188. The van der Waals surface area contributed by atoms with E-state index in [0.717, 1.165) is 30.6 Å². The van der Waals surface area contributed by atoms with Crippen molar-refractivity contribution in [2.45, 2.75) is 44.7 Å². The molecule has 4 nitrogen and oxygen atoms in total. The van der Waals surface area contributed by atoms with E-state index in [1.165, 1.54) is 0 Å². The fourth-order valence-corrected chi connectivity index (χ4v) is 3.35. The summed E-state index contributed by atoms with van der Waals surface area (Å²) in [5, 5.41) is 8.96. The fourth-order valence-electron chi connectivity index (χ4n) is 3.35. The molecule has 2 aliphatic rings. The Bertz CT molecular complexity index is 403. The highest BCUT2D eigenvalue weighted by Gasteiger charge is 2.53. The molecule has 0 unspecified atom stereocenters. The summed E-state index contributed by atoms with van der Waals surface area (Å²) in [4.78, 5) is 24.5. The van der Waals surface area contributed by atoms with Gasteiger partial charge in [-0.1, -0.05) is 25.7 Å². The minimum absolute atomic E-state index is 0.242. The molecule has 1 heterocycles. The van der Waals surface area contributed by atoms with E-state index in [1.807, 2.05) is 0 Å². The lowest BCUT2D eigenvalue weighted by Gasteiger charge is -2.22. The molecule has 0 bridgehead atoms. The largest absolute Gasteiger partial charge is 0.481 e. The molecule has 1 saturated carbocycles. The predicted molar refractivity (Wildman–Crippen MR) is 68.4 cm³/mol. The van der Waals surface area contributed by atoms with Gasteiger partial charge in [-0.25, -0.2) is 0 Å². The number of carboxylic acids is 1. The lowest BCUT2D eigenvalue weighted by atomic mass is 9.96. The van der Waals surface area contributed by atoms with Crippen molar-refractivity contribution in [3.63, 3.8) is 0 Å². The van der Waals surface area contributed by atoms with Gasteiger partial charge in [0.05, 0.1) is 11.8 Å². The number of amides is 1. The van der Waals surface area contributed by atoms with Gasteiger partial charge in [0.25, 0.3) is 0 Å². The van der Waals surface area contributed by atoms with Crippen LogP contribution in [-0.2, 0) is 9.59 Å². The number of hydrogen-bond donors (Lipinski definition) is 1. The summed E-state index contributed by atoms with van der Waals surface area (Å²) in [6.07, 6.45) is 0.735. The van der Waals surface area contributed by atoms with E-state index in [0.29, 0.717) is 12.8 Å². The van der Waals surface area contributed by atoms with E-state index in [9.17, 15) is 22.8 Å². The number of rotatable bonds is 2. The molecule has 2 atom stereocenters. The first-order valence-electron chi connectivity index (χ1n) is 7.39. The van der Waals surface area contributed by atoms with Crippen LogP contribution in [0.25, 0.3) is 0 Å². The third kappa shape index (κ3) is 3.68. The van der Waals surface area contributed by atoms with Gasteiger partial charge in [-0.05, 0) is 12.8 Å². The summed E-state index contributed by atoms with van der Waals surface area (Å²) in [5.74, 6) is -5.51. The Morgan fingerprint density at radius 1 is 1.00 bits per heavy atom. The van der Waals surface area contributed by atoms with E-state index >= 15 is 0 Å². The van der Waals surface area contributed by atoms with Gasteiger partial charge >= 0.3 is 12.1 Å². The highest BCUT2D eigenvalue weighted by atomic mass is 19.4. The summed E-state index contributed by atoms with van der Waals surface area (Å²) >= 11 is 0. The van der Waals surface area contributed by atoms with Crippen molar-refractivity contribution < 1.29 is 27.9 Å². The van der Waals surface area contributed by atoms with Crippen molar-refractivity contribution in [1.29, 1.82) is 0 Å². The van der Waals surface area contributed by atoms with Crippen LogP contribution in [0.1, 0.15) is 38.5 Å². The van der Waals surface area contributed by atoms with E-state index in [-0.39, 0.29) is 18.4 Å². The Balaban J connectivity index is 2.07. The van der Waals surface area contributed by atoms with Gasteiger partial charge in [-0.2, -0.15) is 13.2 Å². The smallest absolute Gasteiger partial charge is 0.394 e. The van der Waals surface area contributed by atoms with Gasteiger partial charge < -0.3 is 10.0 Å². The average molecular weight is 307 g/mol. The Morgan fingerprint density at radius 2 is 1.57 bits per heavy atom. The molecule has 2 fully saturated rings. The Labute approximate surface area is 121 Å². The van der Waals surface area contributed by atoms with Crippen LogP contribution in [0.15, 0.2) is 0 Å². The van der Waals surface area contributed by atoms with Crippen molar-refractivity contribution in [2.75, 3.05) is 13.1 Å². The number of likely N-dealkylation sites (tertiary alicyclic amines) is 1. The van der Waals surface area contributed by atoms with Crippen molar-refractivity contribution >= 4 is 11.9 Å². The van der Waals surface area contributed by atoms with Crippen LogP contribution in [0.2, 0.25) is 0 Å². The molecule has 21 heavy (non-hydrogen) atoms.